The number of anilines is 1. The average molecular weight is 435 g/mol. The quantitative estimate of drug-likeness (QED) is 0.650. The van der Waals surface area contributed by atoms with E-state index in [1.807, 2.05) is 19.0 Å². The van der Waals surface area contributed by atoms with E-state index in [1.165, 1.54) is 6.20 Å². The van der Waals surface area contributed by atoms with Crippen molar-refractivity contribution in [3.8, 4) is 0 Å². The Balaban J connectivity index is 1.84. The van der Waals surface area contributed by atoms with E-state index in [0.717, 1.165) is 18.9 Å². The molecule has 0 N–H and O–H groups in total. The van der Waals surface area contributed by atoms with Crippen LogP contribution in [0.3, 0.4) is 0 Å². The zero-order valence-corrected chi connectivity index (χ0v) is 18.0. The molecule has 1 aliphatic carbocycles. The van der Waals surface area contributed by atoms with E-state index < -0.39 is 23.0 Å². The van der Waals surface area contributed by atoms with E-state index in [4.69, 9.17) is 9.47 Å². The Morgan fingerprint density at radius 1 is 1.32 bits per heavy atom. The van der Waals surface area contributed by atoms with Crippen LogP contribution in [0, 0.1) is 11.6 Å². The number of carbonyl (C=O) groups excluding carboxylic acids is 1. The normalized spacial score (nSPS) is 19.3. The van der Waals surface area contributed by atoms with Gasteiger partial charge in [-0.15, -0.1) is 0 Å². The molecule has 1 unspecified atom stereocenters. The molecule has 2 aromatic rings. The average Bonchev–Trinajstić information content (AvgIpc) is 3.54. The lowest BCUT2D eigenvalue weighted by atomic mass is 10.1. The first-order valence-electron chi connectivity index (χ1n) is 10.6. The van der Waals surface area contributed by atoms with Crippen molar-refractivity contribution in [2.24, 2.45) is 0 Å². The van der Waals surface area contributed by atoms with Gasteiger partial charge in [0.15, 0.2) is 5.82 Å². The van der Waals surface area contributed by atoms with Gasteiger partial charge in [0.25, 0.3) is 0 Å². The van der Waals surface area contributed by atoms with Crippen LogP contribution in [0.5, 0.6) is 0 Å². The van der Waals surface area contributed by atoms with Crippen LogP contribution in [-0.2, 0) is 9.47 Å². The van der Waals surface area contributed by atoms with Gasteiger partial charge in [-0.05, 0) is 39.9 Å². The van der Waals surface area contributed by atoms with Crippen molar-refractivity contribution in [3.05, 3.63) is 39.7 Å². The Labute approximate surface area is 179 Å². The summed E-state index contributed by atoms with van der Waals surface area (Å²) in [4.78, 5) is 28.8. The van der Waals surface area contributed by atoms with Crippen LogP contribution in [0.25, 0.3) is 10.9 Å². The standard InChI is InChI=1S/C22H27F2N3O4/c1-4-30-22(29)16-12-27(13-5-6-13)19-15(21(16)28)9-17(23)20(18(19)24)26-7-8-31-14(11-26)10-25(2)3/h9,12-14H,4-8,10-11H2,1-3H3. The molecule has 0 spiro atoms. The second-order valence-electron chi connectivity index (χ2n) is 8.35. The minimum Gasteiger partial charge on any atom is -0.462 e. The lowest BCUT2D eigenvalue weighted by molar-refractivity contribution is 0.0244. The van der Waals surface area contributed by atoms with Crippen LogP contribution in [0.1, 0.15) is 36.2 Å². The molecule has 4 rings (SSSR count). The maximum Gasteiger partial charge on any atom is 0.343 e. The molecule has 1 aromatic carbocycles. The molecule has 2 fully saturated rings. The first-order valence-corrected chi connectivity index (χ1v) is 10.6. The molecule has 1 saturated carbocycles. The number of nitrogens with zero attached hydrogens (tertiary/aromatic N) is 3. The molecule has 168 valence electrons. The summed E-state index contributed by atoms with van der Waals surface area (Å²) in [5.41, 5.74) is -1.04. The highest BCUT2D eigenvalue weighted by atomic mass is 19.1. The summed E-state index contributed by atoms with van der Waals surface area (Å²) in [5, 5.41) is -0.144. The van der Waals surface area contributed by atoms with Gasteiger partial charge in [-0.2, -0.15) is 0 Å². The van der Waals surface area contributed by atoms with E-state index in [2.05, 4.69) is 0 Å². The predicted octanol–water partition coefficient (Wildman–Crippen LogP) is 2.56. The summed E-state index contributed by atoms with van der Waals surface area (Å²) in [6.07, 6.45) is 2.78. The third-order valence-electron chi connectivity index (χ3n) is 5.64. The molecule has 0 radical (unpaired) electrons. The largest absolute Gasteiger partial charge is 0.462 e. The summed E-state index contributed by atoms with van der Waals surface area (Å²) in [6.45, 7) is 3.40. The topological polar surface area (TPSA) is 64.0 Å². The molecule has 2 heterocycles. The van der Waals surface area contributed by atoms with Crippen molar-refractivity contribution in [2.45, 2.75) is 31.9 Å². The first-order chi connectivity index (χ1) is 14.8. The number of hydrogen-bond acceptors (Lipinski definition) is 6. The molecule has 1 aliphatic heterocycles. The fourth-order valence-electron chi connectivity index (χ4n) is 4.16. The number of rotatable bonds is 6. The highest BCUT2D eigenvalue weighted by Crippen LogP contribution is 2.39. The minimum atomic E-state index is -0.823. The molecule has 1 aromatic heterocycles. The number of fused-ring (bicyclic) bond motifs is 1. The van der Waals surface area contributed by atoms with Gasteiger partial charge in [-0.3, -0.25) is 4.79 Å². The number of benzene rings is 1. The molecule has 0 amide bonds. The molecule has 0 bridgehead atoms. The molecule has 9 heteroatoms. The van der Waals surface area contributed by atoms with Gasteiger partial charge in [0.05, 0.1) is 30.2 Å². The van der Waals surface area contributed by atoms with E-state index in [-0.39, 0.29) is 40.9 Å². The van der Waals surface area contributed by atoms with Gasteiger partial charge >= 0.3 is 5.97 Å². The van der Waals surface area contributed by atoms with Gasteiger partial charge in [0, 0.05) is 31.9 Å². The van der Waals surface area contributed by atoms with Crippen LogP contribution in [-0.4, -0.2) is 68.5 Å². The van der Waals surface area contributed by atoms with Crippen LogP contribution in [0.4, 0.5) is 14.5 Å². The van der Waals surface area contributed by atoms with E-state index >= 15 is 8.78 Å². The molecule has 1 saturated heterocycles. The van der Waals surface area contributed by atoms with E-state index in [9.17, 15) is 9.59 Å². The zero-order valence-electron chi connectivity index (χ0n) is 18.0. The Kier molecular flexibility index (Phi) is 5.98. The highest BCUT2D eigenvalue weighted by molar-refractivity contribution is 5.95. The van der Waals surface area contributed by atoms with Gasteiger partial charge in [-0.25, -0.2) is 13.6 Å². The number of aromatic nitrogens is 1. The third kappa shape index (κ3) is 4.16. The van der Waals surface area contributed by atoms with E-state index in [1.54, 1.807) is 16.4 Å². The molecule has 2 aliphatic rings. The van der Waals surface area contributed by atoms with Crippen molar-refractivity contribution in [3.63, 3.8) is 0 Å². The predicted molar refractivity (Wildman–Crippen MR) is 113 cm³/mol. The number of likely N-dealkylation sites (N-methyl/N-ethyl adjacent to an activating group) is 1. The van der Waals surface area contributed by atoms with Crippen molar-refractivity contribution < 1.29 is 23.0 Å². The van der Waals surface area contributed by atoms with Crippen molar-refractivity contribution in [1.29, 1.82) is 0 Å². The number of esters is 1. The highest BCUT2D eigenvalue weighted by Gasteiger charge is 2.32. The van der Waals surface area contributed by atoms with Crippen molar-refractivity contribution >= 4 is 22.6 Å². The maximum atomic E-state index is 15.8. The van der Waals surface area contributed by atoms with Gasteiger partial charge in [0.2, 0.25) is 5.43 Å². The molecule has 1 atom stereocenters. The number of ether oxygens (including phenoxy) is 2. The molecular weight excluding hydrogens is 408 g/mol. The van der Waals surface area contributed by atoms with Gasteiger partial charge < -0.3 is 23.8 Å². The first kappa shape index (κ1) is 21.7. The summed E-state index contributed by atoms with van der Waals surface area (Å²) >= 11 is 0. The number of pyridine rings is 1. The Hall–Kier alpha value is -2.52. The Bertz CT molecular complexity index is 1070. The minimum absolute atomic E-state index is 0.0322. The second-order valence-corrected chi connectivity index (χ2v) is 8.35. The van der Waals surface area contributed by atoms with Crippen LogP contribution >= 0.6 is 0 Å². The summed E-state index contributed by atoms with van der Waals surface area (Å²) in [6, 6.07) is 1.02. The van der Waals surface area contributed by atoms with Crippen molar-refractivity contribution in [2.75, 3.05) is 51.8 Å². The number of hydrogen-bond donors (Lipinski definition) is 0. The number of carbonyl (C=O) groups is 1. The molecule has 31 heavy (non-hydrogen) atoms. The number of morpholine rings is 1. The third-order valence-corrected chi connectivity index (χ3v) is 5.64. The van der Waals surface area contributed by atoms with Crippen LogP contribution < -0.4 is 10.3 Å². The second kappa shape index (κ2) is 8.55. The summed E-state index contributed by atoms with van der Waals surface area (Å²) in [5.74, 6) is -2.38. The molecular formula is C22H27F2N3O4. The maximum absolute atomic E-state index is 15.8. The van der Waals surface area contributed by atoms with Crippen molar-refractivity contribution in [1.82, 2.24) is 9.47 Å². The smallest absolute Gasteiger partial charge is 0.343 e. The number of halogens is 2. The van der Waals surface area contributed by atoms with Crippen LogP contribution in [0.15, 0.2) is 17.1 Å². The Morgan fingerprint density at radius 2 is 2.06 bits per heavy atom. The summed E-state index contributed by atoms with van der Waals surface area (Å²) in [7, 11) is 3.82. The fraction of sp³-hybridized carbons (Fsp3) is 0.545. The lowest BCUT2D eigenvalue weighted by Gasteiger charge is -2.36. The zero-order chi connectivity index (χ0) is 22.3. The summed E-state index contributed by atoms with van der Waals surface area (Å²) < 4.78 is 43.3. The molecule has 7 nitrogen and oxygen atoms in total. The lowest BCUT2D eigenvalue weighted by Crippen LogP contribution is -2.47. The Morgan fingerprint density at radius 3 is 2.71 bits per heavy atom. The van der Waals surface area contributed by atoms with E-state index in [0.29, 0.717) is 26.2 Å². The van der Waals surface area contributed by atoms with Gasteiger partial charge in [-0.1, -0.05) is 0 Å². The van der Waals surface area contributed by atoms with Crippen LogP contribution in [0.2, 0.25) is 0 Å². The fourth-order valence-corrected chi connectivity index (χ4v) is 4.16. The van der Waals surface area contributed by atoms with Gasteiger partial charge in [0.1, 0.15) is 17.1 Å². The SMILES string of the molecule is CCOC(=O)c1cn(C2CC2)c2c(F)c(N3CCOC(CN(C)C)C3)c(F)cc2c1=O. The monoisotopic (exact) mass is 435 g/mol.